The lowest BCUT2D eigenvalue weighted by atomic mass is 9.79. The first-order chi connectivity index (χ1) is 9.12. The molecule has 1 aromatic rings. The Morgan fingerprint density at radius 2 is 1.85 bits per heavy atom. The van der Waals surface area contributed by atoms with Crippen molar-refractivity contribution in [3.8, 4) is 0 Å². The van der Waals surface area contributed by atoms with Gasteiger partial charge in [0.15, 0.2) is 0 Å². The van der Waals surface area contributed by atoms with E-state index >= 15 is 0 Å². The molecule has 1 N–H and O–H groups in total. The van der Waals surface area contributed by atoms with Crippen molar-refractivity contribution in [3.63, 3.8) is 0 Å². The average molecular weight is 298 g/mol. The molecule has 0 radical (unpaired) electrons. The summed E-state index contributed by atoms with van der Waals surface area (Å²) >= 11 is 6.21. The molecule has 6 heteroatoms. The van der Waals surface area contributed by atoms with Gasteiger partial charge in [-0.25, -0.2) is 0 Å². The quantitative estimate of drug-likeness (QED) is 0.867. The summed E-state index contributed by atoms with van der Waals surface area (Å²) in [6.07, 6.45) is 1.61. The molecule has 1 unspecified atom stereocenters. The fraction of sp³-hybridized carbons (Fsp3) is 0.643. The lowest BCUT2D eigenvalue weighted by Gasteiger charge is -2.32. The molecule has 2 rings (SSSR count). The third-order valence-electron chi connectivity index (χ3n) is 3.95. The number of halogens is 1. The Labute approximate surface area is 125 Å². The third kappa shape index (κ3) is 3.01. The van der Waals surface area contributed by atoms with Crippen LogP contribution in [0.25, 0.3) is 0 Å². The van der Waals surface area contributed by atoms with Gasteiger partial charge < -0.3 is 14.4 Å². The number of hydrogen-bond donors (Lipinski definition) is 1. The number of hydrogen-bond acceptors (Lipinski definition) is 4. The van der Waals surface area contributed by atoms with Crippen LogP contribution >= 0.6 is 11.6 Å². The van der Waals surface area contributed by atoms with Crippen LogP contribution in [0.3, 0.4) is 0 Å². The summed E-state index contributed by atoms with van der Waals surface area (Å²) in [5, 5.41) is 9.97. The molecule has 0 spiro atoms. The molecule has 0 amide bonds. The molecule has 0 aromatic carbocycles. The van der Waals surface area contributed by atoms with Gasteiger partial charge in [-0.1, -0.05) is 11.6 Å². The largest absolute Gasteiger partial charge is 0.496 e. The predicted molar refractivity (Wildman–Crippen MR) is 80.3 cm³/mol. The standard InChI is InChI=1S/C14H21BClNO3/c1-9(18)6-10-7-11(12(16)8-17-10)15-19-13(2,3)14(4,5)20-15/h7-9,18H,6H2,1-5H3. The van der Waals surface area contributed by atoms with E-state index in [4.69, 9.17) is 20.9 Å². The number of aromatic nitrogens is 1. The van der Waals surface area contributed by atoms with Gasteiger partial charge in [-0.05, 0) is 40.7 Å². The number of aliphatic hydroxyl groups is 1. The summed E-state index contributed by atoms with van der Waals surface area (Å²) in [5.74, 6) is 0. The first-order valence-electron chi connectivity index (χ1n) is 6.80. The van der Waals surface area contributed by atoms with Crippen LogP contribution in [-0.4, -0.2) is 34.5 Å². The topological polar surface area (TPSA) is 51.6 Å². The van der Waals surface area contributed by atoms with Crippen LogP contribution in [0.2, 0.25) is 5.02 Å². The smallest absolute Gasteiger partial charge is 0.399 e. The molecule has 2 heterocycles. The SMILES string of the molecule is CC(O)Cc1cc(B2OC(C)(C)C(C)(C)O2)c(Cl)cn1. The molecule has 1 saturated heterocycles. The van der Waals surface area contributed by atoms with Crippen LogP contribution in [0.15, 0.2) is 12.3 Å². The van der Waals surface area contributed by atoms with Crippen molar-refractivity contribution in [2.24, 2.45) is 0 Å². The van der Waals surface area contributed by atoms with Gasteiger partial charge in [0.1, 0.15) is 0 Å². The van der Waals surface area contributed by atoms with Crippen LogP contribution in [-0.2, 0) is 15.7 Å². The zero-order valence-electron chi connectivity index (χ0n) is 12.6. The molecule has 0 aliphatic carbocycles. The molecule has 0 saturated carbocycles. The maximum atomic E-state index is 9.46. The Balaban J connectivity index is 2.30. The fourth-order valence-corrected chi connectivity index (χ4v) is 2.26. The highest BCUT2D eigenvalue weighted by Gasteiger charge is 2.52. The maximum Gasteiger partial charge on any atom is 0.496 e. The molecule has 1 atom stereocenters. The second kappa shape index (κ2) is 5.30. The zero-order valence-corrected chi connectivity index (χ0v) is 13.4. The van der Waals surface area contributed by atoms with Gasteiger partial charge in [0, 0.05) is 23.8 Å². The van der Waals surface area contributed by atoms with Gasteiger partial charge >= 0.3 is 7.12 Å². The van der Waals surface area contributed by atoms with Crippen LogP contribution < -0.4 is 5.46 Å². The van der Waals surface area contributed by atoms with Crippen LogP contribution in [0, 0.1) is 0 Å². The van der Waals surface area contributed by atoms with Gasteiger partial charge in [-0.15, -0.1) is 0 Å². The van der Waals surface area contributed by atoms with Gasteiger partial charge in [-0.2, -0.15) is 0 Å². The Morgan fingerprint density at radius 3 is 2.35 bits per heavy atom. The van der Waals surface area contributed by atoms with Crippen molar-refractivity contribution in [1.82, 2.24) is 4.98 Å². The van der Waals surface area contributed by atoms with E-state index in [2.05, 4.69) is 4.98 Å². The molecule has 1 aliphatic rings. The number of aliphatic hydroxyl groups excluding tert-OH is 1. The predicted octanol–water partition coefficient (Wildman–Crippen LogP) is 1.96. The van der Waals surface area contributed by atoms with Crippen LogP contribution in [0.4, 0.5) is 0 Å². The van der Waals surface area contributed by atoms with Crippen LogP contribution in [0.5, 0.6) is 0 Å². The summed E-state index contributed by atoms with van der Waals surface area (Å²) in [7, 11) is -0.511. The molecule has 110 valence electrons. The van der Waals surface area contributed by atoms with Crippen molar-refractivity contribution in [2.45, 2.75) is 58.3 Å². The lowest BCUT2D eigenvalue weighted by Crippen LogP contribution is -2.41. The van der Waals surface area contributed by atoms with E-state index < -0.39 is 24.4 Å². The van der Waals surface area contributed by atoms with Gasteiger partial charge in [-0.3, -0.25) is 4.98 Å². The summed E-state index contributed by atoms with van der Waals surface area (Å²) in [6, 6.07) is 1.84. The van der Waals surface area contributed by atoms with E-state index in [1.54, 1.807) is 13.1 Å². The number of pyridine rings is 1. The van der Waals surface area contributed by atoms with E-state index in [-0.39, 0.29) is 0 Å². The molecule has 1 aliphatic heterocycles. The minimum atomic E-state index is -0.511. The fourth-order valence-electron chi connectivity index (χ4n) is 2.06. The van der Waals surface area contributed by atoms with E-state index in [9.17, 15) is 5.11 Å². The van der Waals surface area contributed by atoms with E-state index in [0.717, 1.165) is 11.2 Å². The molecule has 1 fully saturated rings. The lowest BCUT2D eigenvalue weighted by molar-refractivity contribution is 0.00578. The monoisotopic (exact) mass is 297 g/mol. The Hall–Kier alpha value is -0.615. The molecular weight excluding hydrogens is 276 g/mol. The Bertz CT molecular complexity index is 489. The molecule has 0 bridgehead atoms. The summed E-state index contributed by atoms with van der Waals surface area (Å²) in [5.41, 5.74) is 0.716. The van der Waals surface area contributed by atoms with Gasteiger partial charge in [0.2, 0.25) is 0 Å². The average Bonchev–Trinajstić information content (AvgIpc) is 2.50. The minimum absolute atomic E-state index is 0.408. The van der Waals surface area contributed by atoms with Crippen molar-refractivity contribution >= 4 is 24.2 Å². The van der Waals surface area contributed by atoms with Crippen molar-refractivity contribution in [1.29, 1.82) is 0 Å². The minimum Gasteiger partial charge on any atom is -0.399 e. The number of nitrogens with zero attached hydrogens (tertiary/aromatic N) is 1. The first kappa shape index (κ1) is 15.8. The molecule has 4 nitrogen and oxygen atoms in total. The molecule has 1 aromatic heterocycles. The normalized spacial score (nSPS) is 22.1. The van der Waals surface area contributed by atoms with E-state index in [0.29, 0.717) is 11.4 Å². The van der Waals surface area contributed by atoms with Crippen molar-refractivity contribution in [3.05, 3.63) is 23.0 Å². The molecular formula is C14H21BClNO3. The van der Waals surface area contributed by atoms with E-state index in [1.165, 1.54) is 0 Å². The van der Waals surface area contributed by atoms with E-state index in [1.807, 2.05) is 33.8 Å². The highest BCUT2D eigenvalue weighted by atomic mass is 35.5. The second-order valence-corrected chi connectivity index (χ2v) is 6.75. The van der Waals surface area contributed by atoms with Gasteiger partial charge in [0.25, 0.3) is 0 Å². The Kier molecular flexibility index (Phi) is 4.18. The first-order valence-corrected chi connectivity index (χ1v) is 7.18. The van der Waals surface area contributed by atoms with Crippen molar-refractivity contribution < 1.29 is 14.4 Å². The third-order valence-corrected chi connectivity index (χ3v) is 4.27. The summed E-state index contributed by atoms with van der Waals surface area (Å²) in [4.78, 5) is 4.22. The van der Waals surface area contributed by atoms with Crippen molar-refractivity contribution in [2.75, 3.05) is 0 Å². The highest BCUT2D eigenvalue weighted by molar-refractivity contribution is 6.65. The Morgan fingerprint density at radius 1 is 1.30 bits per heavy atom. The van der Waals surface area contributed by atoms with Crippen LogP contribution in [0.1, 0.15) is 40.3 Å². The molecule has 20 heavy (non-hydrogen) atoms. The zero-order chi connectivity index (χ0) is 15.1. The highest BCUT2D eigenvalue weighted by Crippen LogP contribution is 2.36. The second-order valence-electron chi connectivity index (χ2n) is 6.34. The van der Waals surface area contributed by atoms with Gasteiger partial charge in [0.05, 0.1) is 22.3 Å². The summed E-state index contributed by atoms with van der Waals surface area (Å²) in [6.45, 7) is 9.72. The number of rotatable bonds is 3. The maximum absolute atomic E-state index is 9.46. The summed E-state index contributed by atoms with van der Waals surface area (Å²) < 4.78 is 12.0.